The van der Waals surface area contributed by atoms with Gasteiger partial charge in [-0.2, -0.15) is 0 Å². The second kappa shape index (κ2) is 7.03. The Morgan fingerprint density at radius 2 is 2.17 bits per heavy atom. The van der Waals surface area contributed by atoms with Crippen LogP contribution in [0, 0.1) is 6.92 Å². The molecule has 1 saturated carbocycles. The molecule has 3 rings (SSSR count). The van der Waals surface area contributed by atoms with Gasteiger partial charge >= 0.3 is 0 Å². The average Bonchev–Trinajstić information content (AvgIpc) is 3.06. The lowest BCUT2D eigenvalue weighted by molar-refractivity contribution is -0.124. The highest BCUT2D eigenvalue weighted by atomic mass is 32.2. The summed E-state index contributed by atoms with van der Waals surface area (Å²) in [7, 11) is 0. The SMILES string of the molecule is Cc1csc(SC2CCC(NC(=O)[C@@H]3CC(F)(F)CN3)CC2)n1. The Labute approximate surface area is 142 Å². The third-order valence-electron chi connectivity index (χ3n) is 4.31. The molecular formula is C15H21F2N3OS2. The van der Waals surface area contributed by atoms with Gasteiger partial charge in [-0.05, 0) is 32.6 Å². The highest BCUT2D eigenvalue weighted by molar-refractivity contribution is 8.01. The third kappa shape index (κ3) is 4.64. The van der Waals surface area contributed by atoms with Crippen molar-refractivity contribution in [3.8, 4) is 0 Å². The summed E-state index contributed by atoms with van der Waals surface area (Å²) in [4.78, 5) is 16.5. The molecule has 1 aromatic heterocycles. The van der Waals surface area contributed by atoms with Crippen molar-refractivity contribution in [2.24, 2.45) is 0 Å². The molecule has 1 atom stereocenters. The largest absolute Gasteiger partial charge is 0.352 e. The zero-order chi connectivity index (χ0) is 16.4. The number of thiazole rings is 1. The Hall–Kier alpha value is -0.730. The second-order valence-electron chi connectivity index (χ2n) is 6.35. The quantitative estimate of drug-likeness (QED) is 0.866. The van der Waals surface area contributed by atoms with E-state index in [-0.39, 0.29) is 11.9 Å². The van der Waals surface area contributed by atoms with Gasteiger partial charge in [-0.15, -0.1) is 11.3 Å². The fourth-order valence-corrected chi connectivity index (χ4v) is 5.34. The number of aromatic nitrogens is 1. The molecule has 128 valence electrons. The number of thioether (sulfide) groups is 1. The van der Waals surface area contributed by atoms with E-state index in [1.807, 2.05) is 18.7 Å². The van der Waals surface area contributed by atoms with Crippen LogP contribution in [0.1, 0.15) is 37.8 Å². The first kappa shape index (κ1) is 17.1. The first-order valence-corrected chi connectivity index (χ1v) is 9.67. The van der Waals surface area contributed by atoms with Crippen molar-refractivity contribution in [1.29, 1.82) is 0 Å². The third-order valence-corrected chi connectivity index (χ3v) is 6.74. The smallest absolute Gasteiger partial charge is 0.262 e. The molecule has 1 amide bonds. The Bertz CT molecular complexity index is 559. The molecule has 1 aliphatic carbocycles. The maximum atomic E-state index is 13.1. The van der Waals surface area contributed by atoms with Crippen LogP contribution in [0.5, 0.6) is 0 Å². The number of hydrogen-bond acceptors (Lipinski definition) is 5. The number of aryl methyl sites for hydroxylation is 1. The molecule has 1 aliphatic heterocycles. The summed E-state index contributed by atoms with van der Waals surface area (Å²) >= 11 is 3.49. The van der Waals surface area contributed by atoms with E-state index in [0.29, 0.717) is 5.25 Å². The van der Waals surface area contributed by atoms with E-state index < -0.39 is 24.9 Å². The predicted octanol–water partition coefficient (Wildman–Crippen LogP) is 2.97. The van der Waals surface area contributed by atoms with Gasteiger partial charge in [-0.1, -0.05) is 11.8 Å². The number of halogens is 2. The number of carbonyl (C=O) groups is 1. The number of rotatable bonds is 4. The van der Waals surface area contributed by atoms with Gasteiger partial charge in [-0.25, -0.2) is 13.8 Å². The van der Waals surface area contributed by atoms with E-state index >= 15 is 0 Å². The molecule has 0 unspecified atom stereocenters. The number of alkyl halides is 2. The van der Waals surface area contributed by atoms with Crippen LogP contribution in [-0.2, 0) is 4.79 Å². The molecule has 2 heterocycles. The molecular weight excluding hydrogens is 340 g/mol. The Morgan fingerprint density at radius 1 is 1.43 bits per heavy atom. The highest BCUT2D eigenvalue weighted by Gasteiger charge is 2.42. The van der Waals surface area contributed by atoms with Gasteiger partial charge in [0.2, 0.25) is 5.91 Å². The summed E-state index contributed by atoms with van der Waals surface area (Å²) < 4.78 is 27.4. The molecule has 1 aromatic rings. The number of carbonyl (C=O) groups excluding carboxylic acids is 1. The fraction of sp³-hybridized carbons (Fsp3) is 0.733. The summed E-state index contributed by atoms with van der Waals surface area (Å²) in [5.41, 5.74) is 1.05. The Kier molecular flexibility index (Phi) is 5.22. The van der Waals surface area contributed by atoms with E-state index in [9.17, 15) is 13.6 Å². The molecule has 0 spiro atoms. The van der Waals surface area contributed by atoms with Crippen molar-refractivity contribution in [3.05, 3.63) is 11.1 Å². The average molecular weight is 361 g/mol. The van der Waals surface area contributed by atoms with Gasteiger partial charge in [0.25, 0.3) is 5.92 Å². The van der Waals surface area contributed by atoms with Crippen molar-refractivity contribution >= 4 is 29.0 Å². The van der Waals surface area contributed by atoms with Crippen molar-refractivity contribution < 1.29 is 13.6 Å². The summed E-state index contributed by atoms with van der Waals surface area (Å²) in [6, 6.07) is -0.649. The molecule has 2 fully saturated rings. The molecule has 1 saturated heterocycles. The van der Waals surface area contributed by atoms with Gasteiger partial charge < -0.3 is 5.32 Å². The van der Waals surface area contributed by atoms with Crippen molar-refractivity contribution in [3.63, 3.8) is 0 Å². The summed E-state index contributed by atoms with van der Waals surface area (Å²) in [6.07, 6.45) is 3.44. The van der Waals surface area contributed by atoms with Crippen LogP contribution in [0.15, 0.2) is 9.72 Å². The van der Waals surface area contributed by atoms with Crippen LogP contribution in [0.25, 0.3) is 0 Å². The molecule has 4 nitrogen and oxygen atoms in total. The van der Waals surface area contributed by atoms with Crippen LogP contribution in [0.2, 0.25) is 0 Å². The van der Waals surface area contributed by atoms with E-state index in [0.717, 1.165) is 35.7 Å². The molecule has 2 aliphatic rings. The Morgan fingerprint density at radius 3 is 2.74 bits per heavy atom. The van der Waals surface area contributed by atoms with E-state index in [4.69, 9.17) is 0 Å². The number of hydrogen-bond donors (Lipinski definition) is 2. The minimum Gasteiger partial charge on any atom is -0.352 e. The zero-order valence-electron chi connectivity index (χ0n) is 13.0. The molecule has 2 N–H and O–H groups in total. The minimum atomic E-state index is -2.76. The molecule has 0 bridgehead atoms. The van der Waals surface area contributed by atoms with Gasteiger partial charge in [0.15, 0.2) is 0 Å². The van der Waals surface area contributed by atoms with Crippen LogP contribution < -0.4 is 10.6 Å². The van der Waals surface area contributed by atoms with Gasteiger partial charge in [0.05, 0.1) is 12.6 Å². The van der Waals surface area contributed by atoms with Crippen LogP contribution in [0.3, 0.4) is 0 Å². The number of amides is 1. The van der Waals surface area contributed by atoms with Gasteiger partial charge in [-0.3, -0.25) is 10.1 Å². The summed E-state index contributed by atoms with van der Waals surface area (Å²) in [5.74, 6) is -3.05. The number of nitrogens with zero attached hydrogens (tertiary/aromatic N) is 1. The van der Waals surface area contributed by atoms with E-state index in [1.54, 1.807) is 11.3 Å². The van der Waals surface area contributed by atoms with Crippen LogP contribution in [-0.4, -0.2) is 40.7 Å². The Balaban J connectivity index is 1.41. The lowest BCUT2D eigenvalue weighted by atomic mass is 9.94. The maximum Gasteiger partial charge on any atom is 0.262 e. The zero-order valence-corrected chi connectivity index (χ0v) is 14.6. The lowest BCUT2D eigenvalue weighted by Gasteiger charge is -2.29. The van der Waals surface area contributed by atoms with Gasteiger partial charge in [0.1, 0.15) is 4.34 Å². The topological polar surface area (TPSA) is 54.0 Å². The standard InChI is InChI=1S/C15H21F2N3OS2/c1-9-7-22-14(19-9)23-11-4-2-10(3-5-11)20-13(21)12-6-15(16,17)8-18-12/h7,10-12,18H,2-6,8H2,1H3,(H,20,21)/t10?,11?,12-/m0/s1. The predicted molar refractivity (Wildman–Crippen MR) is 88.2 cm³/mol. The van der Waals surface area contributed by atoms with Crippen molar-refractivity contribution in [1.82, 2.24) is 15.6 Å². The molecule has 8 heteroatoms. The first-order valence-electron chi connectivity index (χ1n) is 7.92. The lowest BCUT2D eigenvalue weighted by Crippen LogP contribution is -2.46. The van der Waals surface area contributed by atoms with E-state index in [2.05, 4.69) is 21.0 Å². The van der Waals surface area contributed by atoms with Crippen LogP contribution in [0.4, 0.5) is 8.78 Å². The summed E-state index contributed by atoms with van der Waals surface area (Å²) in [5, 5.41) is 8.12. The van der Waals surface area contributed by atoms with Crippen molar-refractivity contribution in [2.75, 3.05) is 6.54 Å². The van der Waals surface area contributed by atoms with Gasteiger partial charge in [0, 0.05) is 28.8 Å². The van der Waals surface area contributed by atoms with Crippen molar-refractivity contribution in [2.45, 2.75) is 66.6 Å². The highest BCUT2D eigenvalue weighted by Crippen LogP contribution is 2.35. The second-order valence-corrected chi connectivity index (χ2v) is 8.75. The van der Waals surface area contributed by atoms with Crippen LogP contribution >= 0.6 is 23.1 Å². The fourth-order valence-electron chi connectivity index (χ4n) is 3.06. The number of nitrogens with one attached hydrogen (secondary N) is 2. The summed E-state index contributed by atoms with van der Waals surface area (Å²) in [6.45, 7) is 1.59. The molecule has 0 radical (unpaired) electrons. The normalized spacial score (nSPS) is 30.3. The molecule has 23 heavy (non-hydrogen) atoms. The maximum absolute atomic E-state index is 13.1. The minimum absolute atomic E-state index is 0.105. The van der Waals surface area contributed by atoms with E-state index in [1.165, 1.54) is 0 Å². The monoisotopic (exact) mass is 361 g/mol. The molecule has 0 aromatic carbocycles. The first-order chi connectivity index (χ1) is 10.9.